The third-order valence-electron chi connectivity index (χ3n) is 5.34. The minimum Gasteiger partial charge on any atom is -0.493 e. The number of allylic oxidation sites excluding steroid dienone is 1. The van der Waals surface area contributed by atoms with E-state index in [1.807, 2.05) is 36.4 Å². The monoisotopic (exact) mass is 501 g/mol. The first-order valence-electron chi connectivity index (χ1n) is 10.6. The molecule has 0 fully saturated rings. The molecule has 0 unspecified atom stereocenters. The normalized spacial score (nSPS) is 10.8. The zero-order valence-corrected chi connectivity index (χ0v) is 20.2. The molecule has 1 heterocycles. The van der Waals surface area contributed by atoms with Crippen LogP contribution in [0.3, 0.4) is 0 Å². The zero-order chi connectivity index (χ0) is 23.4. The molecule has 3 aromatic carbocycles. The van der Waals surface area contributed by atoms with E-state index in [2.05, 4.69) is 51.8 Å². The molecule has 0 aliphatic carbocycles. The molecular weight excluding hydrogens is 478 g/mol. The number of Topliss-reactive ketones (excluding diaryl/α,β-unsaturated/α-hetero) is 1. The van der Waals surface area contributed by atoms with Crippen LogP contribution in [0, 0.1) is 0 Å². The number of ketones is 1. The first kappa shape index (κ1) is 22.7. The van der Waals surface area contributed by atoms with Gasteiger partial charge in [0.1, 0.15) is 5.75 Å². The van der Waals surface area contributed by atoms with Gasteiger partial charge in [0, 0.05) is 27.9 Å². The Bertz CT molecular complexity index is 1350. The van der Waals surface area contributed by atoms with Crippen LogP contribution >= 0.6 is 15.9 Å². The standard InChI is InChI=1S/C28H24BrNO3/c1-18(2)28(31)21-8-5-9-23(15-21)33-13-12-19-6-4-7-20(14-19)24-17-27(32-3)30-26-11-10-22(29)16-25(24)26/h4-11,14-17H,1,12-13H2,2-3H3. The zero-order valence-electron chi connectivity index (χ0n) is 18.6. The molecule has 33 heavy (non-hydrogen) atoms. The molecule has 1 aromatic heterocycles. The van der Waals surface area contributed by atoms with Crippen molar-refractivity contribution in [2.75, 3.05) is 13.7 Å². The minimum atomic E-state index is -0.0696. The highest BCUT2D eigenvalue weighted by molar-refractivity contribution is 9.10. The molecule has 0 bridgehead atoms. The van der Waals surface area contributed by atoms with Gasteiger partial charge in [-0.05, 0) is 59.5 Å². The van der Waals surface area contributed by atoms with Crippen LogP contribution in [0.5, 0.6) is 11.6 Å². The molecule has 0 aliphatic rings. The number of aromatic nitrogens is 1. The Morgan fingerprint density at radius 3 is 2.64 bits per heavy atom. The van der Waals surface area contributed by atoms with Crippen LogP contribution in [-0.4, -0.2) is 24.5 Å². The Morgan fingerprint density at radius 2 is 1.85 bits per heavy atom. The van der Waals surface area contributed by atoms with Gasteiger partial charge in [0.15, 0.2) is 5.78 Å². The Hall–Kier alpha value is -3.44. The van der Waals surface area contributed by atoms with Crippen molar-refractivity contribution in [2.24, 2.45) is 0 Å². The average Bonchev–Trinajstić information content (AvgIpc) is 2.83. The summed E-state index contributed by atoms with van der Waals surface area (Å²) in [6.07, 6.45) is 0.732. The molecule has 0 saturated carbocycles. The molecule has 0 saturated heterocycles. The van der Waals surface area contributed by atoms with E-state index < -0.39 is 0 Å². The van der Waals surface area contributed by atoms with E-state index in [1.165, 1.54) is 0 Å². The summed E-state index contributed by atoms with van der Waals surface area (Å²) >= 11 is 3.57. The smallest absolute Gasteiger partial charge is 0.214 e. The first-order valence-corrected chi connectivity index (χ1v) is 11.4. The number of ether oxygens (including phenoxy) is 2. The van der Waals surface area contributed by atoms with Crippen molar-refractivity contribution in [3.8, 4) is 22.8 Å². The van der Waals surface area contributed by atoms with Gasteiger partial charge in [-0.25, -0.2) is 4.98 Å². The molecule has 0 aliphatic heterocycles. The maximum Gasteiger partial charge on any atom is 0.214 e. The quantitative estimate of drug-likeness (QED) is 0.191. The molecule has 4 nitrogen and oxygen atoms in total. The van der Waals surface area contributed by atoms with E-state index in [9.17, 15) is 4.79 Å². The second-order valence-corrected chi connectivity index (χ2v) is 8.73. The van der Waals surface area contributed by atoms with E-state index in [-0.39, 0.29) is 5.78 Å². The number of carbonyl (C=O) groups is 1. The van der Waals surface area contributed by atoms with Gasteiger partial charge in [0.2, 0.25) is 5.88 Å². The van der Waals surface area contributed by atoms with Crippen molar-refractivity contribution in [3.63, 3.8) is 0 Å². The number of carbonyl (C=O) groups excluding carboxylic acids is 1. The van der Waals surface area contributed by atoms with E-state index in [4.69, 9.17) is 9.47 Å². The van der Waals surface area contributed by atoms with E-state index >= 15 is 0 Å². The second-order valence-electron chi connectivity index (χ2n) is 7.81. The Kier molecular flexibility index (Phi) is 6.90. The van der Waals surface area contributed by atoms with Crippen LogP contribution in [-0.2, 0) is 6.42 Å². The summed E-state index contributed by atoms with van der Waals surface area (Å²) in [7, 11) is 1.63. The van der Waals surface area contributed by atoms with Crippen molar-refractivity contribution in [3.05, 3.63) is 101 Å². The van der Waals surface area contributed by atoms with Gasteiger partial charge in [-0.1, -0.05) is 58.9 Å². The lowest BCUT2D eigenvalue weighted by Crippen LogP contribution is -2.04. The number of pyridine rings is 1. The number of benzene rings is 3. The highest BCUT2D eigenvalue weighted by Crippen LogP contribution is 2.33. The van der Waals surface area contributed by atoms with Crippen LogP contribution in [0.25, 0.3) is 22.0 Å². The summed E-state index contributed by atoms with van der Waals surface area (Å²) < 4.78 is 12.4. The lowest BCUT2D eigenvalue weighted by molar-refractivity contribution is 0.103. The van der Waals surface area contributed by atoms with Crippen LogP contribution in [0.4, 0.5) is 0 Å². The first-order chi connectivity index (χ1) is 15.9. The summed E-state index contributed by atoms with van der Waals surface area (Å²) in [6, 6.07) is 23.6. The molecule has 5 heteroatoms. The van der Waals surface area contributed by atoms with Crippen molar-refractivity contribution < 1.29 is 14.3 Å². The maximum atomic E-state index is 12.2. The van der Waals surface area contributed by atoms with Gasteiger partial charge in [0.05, 0.1) is 19.2 Å². The molecule has 0 spiro atoms. The number of hydrogen-bond acceptors (Lipinski definition) is 4. The average molecular weight is 502 g/mol. The topological polar surface area (TPSA) is 48.4 Å². The molecule has 4 rings (SSSR count). The second kappa shape index (κ2) is 10.0. The summed E-state index contributed by atoms with van der Waals surface area (Å²) in [5, 5.41) is 1.05. The number of methoxy groups -OCH3 is 1. The number of halogens is 1. The fourth-order valence-electron chi connectivity index (χ4n) is 3.67. The van der Waals surface area contributed by atoms with Crippen LogP contribution in [0.15, 0.2) is 89.4 Å². The van der Waals surface area contributed by atoms with E-state index in [0.29, 0.717) is 29.4 Å². The summed E-state index contributed by atoms with van der Waals surface area (Å²) in [6.45, 7) is 5.94. The highest BCUT2D eigenvalue weighted by atomic mass is 79.9. The summed E-state index contributed by atoms with van der Waals surface area (Å²) in [5.74, 6) is 1.19. The summed E-state index contributed by atoms with van der Waals surface area (Å²) in [5.41, 5.74) is 5.28. The van der Waals surface area contributed by atoms with Gasteiger partial charge in [-0.3, -0.25) is 4.79 Å². The van der Waals surface area contributed by atoms with Crippen molar-refractivity contribution >= 4 is 32.6 Å². The van der Waals surface area contributed by atoms with Gasteiger partial charge in [-0.2, -0.15) is 0 Å². The fraction of sp³-hybridized carbons (Fsp3) is 0.143. The largest absolute Gasteiger partial charge is 0.493 e. The molecule has 0 amide bonds. The van der Waals surface area contributed by atoms with Gasteiger partial charge < -0.3 is 9.47 Å². The Balaban J connectivity index is 1.54. The number of fused-ring (bicyclic) bond motifs is 1. The Morgan fingerprint density at radius 1 is 1.03 bits per heavy atom. The van der Waals surface area contributed by atoms with Crippen molar-refractivity contribution in [2.45, 2.75) is 13.3 Å². The predicted molar refractivity (Wildman–Crippen MR) is 136 cm³/mol. The minimum absolute atomic E-state index is 0.0696. The lowest BCUT2D eigenvalue weighted by Gasteiger charge is -2.12. The molecular formula is C28H24BrNO3. The van der Waals surface area contributed by atoms with Crippen molar-refractivity contribution in [1.82, 2.24) is 4.98 Å². The highest BCUT2D eigenvalue weighted by Gasteiger charge is 2.11. The summed E-state index contributed by atoms with van der Waals surface area (Å²) in [4.78, 5) is 16.7. The SMILES string of the molecule is C=C(C)C(=O)c1cccc(OCCc2cccc(-c3cc(OC)nc4ccc(Br)cc34)c2)c1. The number of nitrogens with zero attached hydrogens (tertiary/aromatic N) is 1. The molecule has 0 radical (unpaired) electrons. The van der Waals surface area contributed by atoms with E-state index in [1.54, 1.807) is 26.2 Å². The van der Waals surface area contributed by atoms with Gasteiger partial charge >= 0.3 is 0 Å². The number of hydrogen-bond donors (Lipinski definition) is 0. The van der Waals surface area contributed by atoms with Crippen molar-refractivity contribution in [1.29, 1.82) is 0 Å². The molecule has 166 valence electrons. The number of rotatable bonds is 8. The third kappa shape index (κ3) is 5.32. The molecule has 4 aromatic rings. The fourth-order valence-corrected chi connectivity index (χ4v) is 4.03. The molecule has 0 N–H and O–H groups in total. The van der Waals surface area contributed by atoms with Crippen LogP contribution < -0.4 is 9.47 Å². The third-order valence-corrected chi connectivity index (χ3v) is 5.83. The lowest BCUT2D eigenvalue weighted by atomic mass is 9.98. The Labute approximate surface area is 202 Å². The maximum absolute atomic E-state index is 12.2. The van der Waals surface area contributed by atoms with Crippen LogP contribution in [0.2, 0.25) is 0 Å². The predicted octanol–water partition coefficient (Wildman–Crippen LogP) is 7.05. The van der Waals surface area contributed by atoms with Gasteiger partial charge in [-0.15, -0.1) is 0 Å². The van der Waals surface area contributed by atoms with Crippen LogP contribution in [0.1, 0.15) is 22.8 Å². The van der Waals surface area contributed by atoms with Gasteiger partial charge in [0.25, 0.3) is 0 Å². The molecule has 0 atom stereocenters. The van der Waals surface area contributed by atoms with E-state index in [0.717, 1.165) is 38.5 Å².